The molecule has 2 rings (SSSR count). The van der Waals surface area contributed by atoms with Crippen LogP contribution in [0.25, 0.3) is 0 Å². The molecule has 2 aliphatic heterocycles. The number of hydrogen-bond acceptors (Lipinski definition) is 4. The van der Waals surface area contributed by atoms with E-state index in [0.717, 1.165) is 43.9 Å². The summed E-state index contributed by atoms with van der Waals surface area (Å²) < 4.78 is 0. The van der Waals surface area contributed by atoms with Crippen LogP contribution in [0, 0.1) is 0 Å². The van der Waals surface area contributed by atoms with Crippen LogP contribution in [0.1, 0.15) is 39.0 Å². The van der Waals surface area contributed by atoms with Crippen LogP contribution in [0.4, 0.5) is 0 Å². The lowest BCUT2D eigenvalue weighted by Gasteiger charge is -2.34. The largest absolute Gasteiger partial charge is 0.352 e. The number of piperidine rings is 1. The molecule has 2 aliphatic rings. The zero-order valence-corrected chi connectivity index (χ0v) is 14.9. The standard InChI is InChI=1S/C15H27N3O2S.ClH/c1-2-4-14(19)17-12-5-3-7-18(10-12)15(20)9-13-11-21-8-6-16-13;/h12-13,16H,2-11H2,1H3,(H,17,19);1H. The van der Waals surface area contributed by atoms with Crippen molar-refractivity contribution in [3.8, 4) is 0 Å². The summed E-state index contributed by atoms with van der Waals surface area (Å²) in [7, 11) is 0. The van der Waals surface area contributed by atoms with Crippen LogP contribution in [-0.4, -0.2) is 59.9 Å². The molecule has 0 aromatic carbocycles. The predicted octanol–water partition coefficient (Wildman–Crippen LogP) is 1.41. The van der Waals surface area contributed by atoms with E-state index < -0.39 is 0 Å². The lowest BCUT2D eigenvalue weighted by molar-refractivity contribution is -0.134. The number of amides is 2. The number of nitrogens with one attached hydrogen (secondary N) is 2. The monoisotopic (exact) mass is 349 g/mol. The zero-order valence-electron chi connectivity index (χ0n) is 13.3. The average molecular weight is 350 g/mol. The Morgan fingerprint density at radius 1 is 1.41 bits per heavy atom. The fraction of sp³-hybridized carbons (Fsp3) is 0.867. The van der Waals surface area contributed by atoms with E-state index in [1.54, 1.807) is 0 Å². The van der Waals surface area contributed by atoms with Crippen molar-refractivity contribution in [2.24, 2.45) is 0 Å². The second kappa shape index (κ2) is 10.3. The minimum absolute atomic E-state index is 0. The van der Waals surface area contributed by atoms with Crippen LogP contribution in [0.2, 0.25) is 0 Å². The lowest BCUT2D eigenvalue weighted by Crippen LogP contribution is -2.51. The van der Waals surface area contributed by atoms with Crippen molar-refractivity contribution < 1.29 is 9.59 Å². The topological polar surface area (TPSA) is 61.4 Å². The average Bonchev–Trinajstić information content (AvgIpc) is 2.48. The van der Waals surface area contributed by atoms with Crippen molar-refractivity contribution >= 4 is 36.0 Å². The fourth-order valence-electron chi connectivity index (χ4n) is 2.94. The molecule has 0 saturated carbocycles. The second-order valence-electron chi connectivity index (χ2n) is 5.93. The molecule has 7 heteroatoms. The van der Waals surface area contributed by atoms with Crippen LogP contribution in [0.15, 0.2) is 0 Å². The van der Waals surface area contributed by atoms with Gasteiger partial charge in [0.05, 0.1) is 0 Å². The van der Waals surface area contributed by atoms with Crippen LogP contribution in [-0.2, 0) is 9.59 Å². The molecule has 2 heterocycles. The van der Waals surface area contributed by atoms with Crippen molar-refractivity contribution in [1.82, 2.24) is 15.5 Å². The second-order valence-corrected chi connectivity index (χ2v) is 7.08. The van der Waals surface area contributed by atoms with Gasteiger partial charge in [-0.15, -0.1) is 12.4 Å². The third kappa shape index (κ3) is 6.34. The van der Waals surface area contributed by atoms with E-state index in [2.05, 4.69) is 10.6 Å². The molecule has 2 fully saturated rings. The zero-order chi connectivity index (χ0) is 15.1. The third-order valence-electron chi connectivity index (χ3n) is 4.04. The Bertz CT molecular complexity index is 365. The lowest BCUT2D eigenvalue weighted by atomic mass is 10.0. The van der Waals surface area contributed by atoms with Gasteiger partial charge in [0, 0.05) is 56.1 Å². The summed E-state index contributed by atoms with van der Waals surface area (Å²) in [5, 5.41) is 6.47. The minimum atomic E-state index is 0. The highest BCUT2D eigenvalue weighted by Crippen LogP contribution is 2.15. The van der Waals surface area contributed by atoms with Gasteiger partial charge in [0.15, 0.2) is 0 Å². The number of carbonyl (C=O) groups is 2. The molecular weight excluding hydrogens is 322 g/mol. The van der Waals surface area contributed by atoms with Crippen molar-refractivity contribution in [2.75, 3.05) is 31.1 Å². The Morgan fingerprint density at radius 3 is 2.91 bits per heavy atom. The van der Waals surface area contributed by atoms with Crippen molar-refractivity contribution in [3.63, 3.8) is 0 Å². The summed E-state index contributed by atoms with van der Waals surface area (Å²) in [5.74, 6) is 2.50. The Kier molecular flexibility index (Phi) is 9.21. The Balaban J connectivity index is 0.00000242. The van der Waals surface area contributed by atoms with Gasteiger partial charge < -0.3 is 15.5 Å². The van der Waals surface area contributed by atoms with Gasteiger partial charge in [0.2, 0.25) is 11.8 Å². The summed E-state index contributed by atoms with van der Waals surface area (Å²) in [5.41, 5.74) is 0. The summed E-state index contributed by atoms with van der Waals surface area (Å²) >= 11 is 1.92. The molecule has 2 N–H and O–H groups in total. The highest BCUT2D eigenvalue weighted by molar-refractivity contribution is 7.99. The van der Waals surface area contributed by atoms with Crippen molar-refractivity contribution in [1.29, 1.82) is 0 Å². The Morgan fingerprint density at radius 2 is 2.23 bits per heavy atom. The molecule has 0 aromatic rings. The summed E-state index contributed by atoms with van der Waals surface area (Å²) in [4.78, 5) is 26.0. The molecule has 2 saturated heterocycles. The molecular formula is C15H28ClN3O2S. The maximum atomic E-state index is 12.4. The molecule has 2 unspecified atom stereocenters. The molecule has 0 spiro atoms. The van der Waals surface area contributed by atoms with Gasteiger partial charge in [0.1, 0.15) is 0 Å². The van der Waals surface area contributed by atoms with E-state index in [9.17, 15) is 9.59 Å². The normalized spacial score (nSPS) is 25.2. The van der Waals surface area contributed by atoms with Gasteiger partial charge in [0.25, 0.3) is 0 Å². The highest BCUT2D eigenvalue weighted by atomic mass is 35.5. The molecule has 5 nitrogen and oxygen atoms in total. The molecule has 2 amide bonds. The molecule has 0 aliphatic carbocycles. The van der Waals surface area contributed by atoms with Gasteiger partial charge in [-0.3, -0.25) is 9.59 Å². The molecule has 2 atom stereocenters. The van der Waals surface area contributed by atoms with E-state index in [4.69, 9.17) is 0 Å². The van der Waals surface area contributed by atoms with Crippen LogP contribution >= 0.6 is 24.2 Å². The number of thioether (sulfide) groups is 1. The van der Waals surface area contributed by atoms with Gasteiger partial charge in [-0.2, -0.15) is 11.8 Å². The predicted molar refractivity (Wildman–Crippen MR) is 93.6 cm³/mol. The van der Waals surface area contributed by atoms with Crippen LogP contribution in [0.5, 0.6) is 0 Å². The van der Waals surface area contributed by atoms with E-state index in [0.29, 0.717) is 25.4 Å². The van der Waals surface area contributed by atoms with E-state index in [1.165, 1.54) is 0 Å². The third-order valence-corrected chi connectivity index (χ3v) is 5.17. The smallest absolute Gasteiger partial charge is 0.224 e. The molecule has 0 bridgehead atoms. The van der Waals surface area contributed by atoms with Crippen molar-refractivity contribution in [3.05, 3.63) is 0 Å². The van der Waals surface area contributed by atoms with E-state index in [-0.39, 0.29) is 30.3 Å². The number of rotatable bonds is 5. The summed E-state index contributed by atoms with van der Waals surface area (Å²) in [6.45, 7) is 4.51. The van der Waals surface area contributed by atoms with Crippen molar-refractivity contribution in [2.45, 2.75) is 51.1 Å². The number of likely N-dealkylation sites (tertiary alicyclic amines) is 1. The number of hydrogen-bond donors (Lipinski definition) is 2. The first-order chi connectivity index (χ1) is 10.2. The minimum Gasteiger partial charge on any atom is -0.352 e. The number of carbonyl (C=O) groups excluding carboxylic acids is 2. The van der Waals surface area contributed by atoms with Crippen LogP contribution < -0.4 is 10.6 Å². The maximum Gasteiger partial charge on any atom is 0.224 e. The summed E-state index contributed by atoms with van der Waals surface area (Å²) in [6, 6.07) is 0.446. The SMILES string of the molecule is CCCC(=O)NC1CCCN(C(=O)CC2CSCCN2)C1.Cl. The fourth-order valence-corrected chi connectivity index (χ4v) is 3.89. The molecule has 22 heavy (non-hydrogen) atoms. The van der Waals surface area contributed by atoms with E-state index in [1.807, 2.05) is 23.6 Å². The highest BCUT2D eigenvalue weighted by Gasteiger charge is 2.26. The quantitative estimate of drug-likeness (QED) is 0.788. The first kappa shape index (κ1) is 19.6. The van der Waals surface area contributed by atoms with Gasteiger partial charge in [-0.25, -0.2) is 0 Å². The van der Waals surface area contributed by atoms with Gasteiger partial charge in [-0.1, -0.05) is 6.92 Å². The molecule has 0 aromatic heterocycles. The first-order valence-electron chi connectivity index (χ1n) is 8.07. The maximum absolute atomic E-state index is 12.4. The van der Waals surface area contributed by atoms with Crippen LogP contribution in [0.3, 0.4) is 0 Å². The molecule has 0 radical (unpaired) electrons. The van der Waals surface area contributed by atoms with Gasteiger partial charge in [-0.05, 0) is 19.3 Å². The Hall–Kier alpha value is -0.460. The number of nitrogens with zero attached hydrogens (tertiary/aromatic N) is 1. The summed E-state index contributed by atoms with van der Waals surface area (Å²) in [6.07, 6.45) is 3.99. The van der Waals surface area contributed by atoms with Gasteiger partial charge >= 0.3 is 0 Å². The number of halogens is 1. The Labute approximate surface area is 143 Å². The van der Waals surface area contributed by atoms with E-state index >= 15 is 0 Å². The first-order valence-corrected chi connectivity index (χ1v) is 9.22. The molecule has 128 valence electrons.